The second-order valence-electron chi connectivity index (χ2n) is 5.66. The van der Waals surface area contributed by atoms with Gasteiger partial charge in [0.15, 0.2) is 17.3 Å². The van der Waals surface area contributed by atoms with Crippen molar-refractivity contribution in [1.29, 1.82) is 5.26 Å². The molecule has 170 valence electrons. The Morgan fingerprint density at radius 3 is 1.88 bits per heavy atom. The summed E-state index contributed by atoms with van der Waals surface area (Å²) in [5, 5.41) is 16.7. The van der Waals surface area contributed by atoms with Crippen LogP contribution in [0, 0.1) is 34.6 Å². The molecule has 0 aliphatic rings. The zero-order valence-electron chi connectivity index (χ0n) is 17.1. The number of halogens is 4. The number of aromatic nitrogens is 4. The van der Waals surface area contributed by atoms with E-state index in [1.54, 1.807) is 12.1 Å². The molecule has 3 N–H and O–H groups in total. The molecule has 4 heterocycles. The first kappa shape index (κ1) is 26.6. The van der Waals surface area contributed by atoms with Crippen LogP contribution in [-0.2, 0) is 6.54 Å². The summed E-state index contributed by atoms with van der Waals surface area (Å²) in [5.74, 6) is -1.64. The van der Waals surface area contributed by atoms with Gasteiger partial charge in [0.2, 0.25) is 6.20 Å². The molecule has 0 amide bonds. The number of rotatable bonds is 1. The monoisotopic (exact) mass is 459 g/mol. The van der Waals surface area contributed by atoms with Gasteiger partial charge in [0.25, 0.3) is 6.20 Å². The lowest BCUT2D eigenvalue weighted by Gasteiger charge is -1.93. The van der Waals surface area contributed by atoms with Crippen molar-refractivity contribution < 1.29 is 27.5 Å². The molecule has 4 aromatic rings. The minimum Gasteiger partial charge on any atom is -0.325 e. The van der Waals surface area contributed by atoms with Gasteiger partial charge in [-0.3, -0.25) is 15.2 Å². The minimum absolute atomic E-state index is 0.155. The summed E-state index contributed by atoms with van der Waals surface area (Å²) >= 11 is 0. The predicted octanol–water partition coefficient (Wildman–Crippen LogP) is 3.34. The van der Waals surface area contributed by atoms with Crippen molar-refractivity contribution >= 4 is 0 Å². The fourth-order valence-electron chi connectivity index (χ4n) is 1.81. The Labute approximate surface area is 187 Å². The number of nitrogens with two attached hydrogens (primary N) is 1. The van der Waals surface area contributed by atoms with Crippen LogP contribution in [0.2, 0.25) is 0 Å². The van der Waals surface area contributed by atoms with Crippen molar-refractivity contribution in [3.8, 4) is 6.07 Å². The molecular weight excluding hydrogens is 440 g/mol. The molecule has 0 saturated carbocycles. The van der Waals surface area contributed by atoms with Gasteiger partial charge in [-0.1, -0.05) is 0 Å². The normalized spacial score (nSPS) is 8.97. The van der Waals surface area contributed by atoms with Crippen molar-refractivity contribution in [2.75, 3.05) is 0 Å². The Kier molecular flexibility index (Phi) is 12.4. The van der Waals surface area contributed by atoms with Gasteiger partial charge in [-0.25, -0.2) is 22.5 Å². The Bertz CT molecular complexity index is 1120. The van der Waals surface area contributed by atoms with Gasteiger partial charge in [-0.05, 0) is 42.5 Å². The number of nitriles is 1. The largest absolute Gasteiger partial charge is 0.325 e. The van der Waals surface area contributed by atoms with E-state index in [1.165, 1.54) is 73.4 Å². The Morgan fingerprint density at radius 1 is 0.879 bits per heavy atom. The van der Waals surface area contributed by atoms with Crippen LogP contribution < -0.4 is 10.5 Å². The van der Waals surface area contributed by atoms with Crippen molar-refractivity contribution in [3.05, 3.63) is 120 Å². The molecule has 4 rings (SSSR count). The van der Waals surface area contributed by atoms with Crippen LogP contribution >= 0.6 is 0 Å². The molecule has 0 spiro atoms. The maximum Gasteiger partial charge on any atom is 0.257 e. The molecule has 0 fully saturated rings. The van der Waals surface area contributed by atoms with E-state index in [0.29, 0.717) is 10.4 Å². The Balaban J connectivity index is 0.000000221. The molecule has 7 nitrogen and oxygen atoms in total. The predicted molar refractivity (Wildman–Crippen MR) is 109 cm³/mol. The molecule has 0 radical (unpaired) electrons. The van der Waals surface area contributed by atoms with Gasteiger partial charge in [0.05, 0.1) is 11.9 Å². The zero-order chi connectivity index (χ0) is 24.5. The van der Waals surface area contributed by atoms with E-state index >= 15 is 0 Å². The molecule has 0 bridgehead atoms. The Hall–Kier alpha value is -4.43. The number of hydrogen-bond acceptors (Lipinski definition) is 6. The van der Waals surface area contributed by atoms with Gasteiger partial charge in [-0.15, -0.1) is 0 Å². The second kappa shape index (κ2) is 15.4. The molecule has 0 atom stereocenters. The van der Waals surface area contributed by atoms with Crippen LogP contribution in [0.1, 0.15) is 11.4 Å². The van der Waals surface area contributed by atoms with Crippen LogP contribution in [0.5, 0.6) is 0 Å². The third kappa shape index (κ3) is 11.5. The minimum atomic E-state index is -0.569. The van der Waals surface area contributed by atoms with Crippen LogP contribution in [0.4, 0.5) is 17.6 Å². The molecule has 0 aromatic carbocycles. The molecule has 0 unspecified atom stereocenters. The van der Waals surface area contributed by atoms with Crippen LogP contribution in [-0.4, -0.2) is 20.2 Å². The first-order chi connectivity index (χ1) is 15.9. The van der Waals surface area contributed by atoms with Crippen molar-refractivity contribution in [1.82, 2.24) is 15.0 Å². The highest BCUT2D eigenvalue weighted by Gasteiger charge is 1.97. The van der Waals surface area contributed by atoms with Crippen LogP contribution in [0.3, 0.4) is 0 Å². The lowest BCUT2D eigenvalue weighted by Crippen LogP contribution is -2.28. The van der Waals surface area contributed by atoms with Gasteiger partial charge in [0.1, 0.15) is 17.7 Å². The average molecular weight is 459 g/mol. The van der Waals surface area contributed by atoms with Crippen molar-refractivity contribution in [3.63, 3.8) is 0 Å². The second-order valence-corrected chi connectivity index (χ2v) is 5.66. The van der Waals surface area contributed by atoms with E-state index in [-0.39, 0.29) is 23.9 Å². The third-order valence-electron chi connectivity index (χ3n) is 3.27. The van der Waals surface area contributed by atoms with Crippen molar-refractivity contribution in [2.45, 2.75) is 6.54 Å². The summed E-state index contributed by atoms with van der Waals surface area (Å²) in [6.45, 7) is 0.159. The lowest BCUT2D eigenvalue weighted by atomic mass is 10.3. The fourth-order valence-corrected chi connectivity index (χ4v) is 1.81. The molecule has 0 aliphatic heterocycles. The molecule has 4 aromatic heterocycles. The first-order valence-corrected chi connectivity index (χ1v) is 9.09. The Morgan fingerprint density at radius 2 is 1.52 bits per heavy atom. The highest BCUT2D eigenvalue weighted by Crippen LogP contribution is 1.99. The van der Waals surface area contributed by atoms with E-state index in [2.05, 4.69) is 15.0 Å². The highest BCUT2D eigenvalue weighted by molar-refractivity contribution is 5.20. The summed E-state index contributed by atoms with van der Waals surface area (Å²) in [7, 11) is 0. The van der Waals surface area contributed by atoms with Crippen LogP contribution in [0.25, 0.3) is 0 Å². The van der Waals surface area contributed by atoms with Gasteiger partial charge < -0.3 is 5.73 Å². The van der Waals surface area contributed by atoms with E-state index in [9.17, 15) is 17.6 Å². The summed E-state index contributed by atoms with van der Waals surface area (Å²) in [4.78, 5) is 10.7. The fraction of sp³-hybridized carbons (Fsp3) is 0.0455. The SMILES string of the molecule is Fc1cccnc1.N#Cc1ncccc1F.NCc1ncccc1F.O[n+]1cccc(F)c1. The van der Waals surface area contributed by atoms with E-state index < -0.39 is 11.6 Å². The molecular formula is C22H19F4N6O+. The topological polar surface area (TPSA) is 113 Å². The van der Waals surface area contributed by atoms with Crippen molar-refractivity contribution in [2.24, 2.45) is 5.73 Å². The molecule has 33 heavy (non-hydrogen) atoms. The quantitative estimate of drug-likeness (QED) is 0.257. The smallest absolute Gasteiger partial charge is 0.257 e. The summed E-state index contributed by atoms with van der Waals surface area (Å²) in [6, 6.07) is 12.7. The zero-order valence-corrected chi connectivity index (χ0v) is 17.1. The lowest BCUT2D eigenvalue weighted by molar-refractivity contribution is -0.905. The summed E-state index contributed by atoms with van der Waals surface area (Å²) in [5.41, 5.74) is 5.31. The van der Waals surface area contributed by atoms with Gasteiger partial charge in [0, 0.05) is 35.9 Å². The number of hydrogen-bond donors (Lipinski definition) is 2. The maximum absolute atomic E-state index is 12.4. The maximum atomic E-state index is 12.4. The number of nitrogens with zero attached hydrogens (tertiary/aromatic N) is 5. The summed E-state index contributed by atoms with van der Waals surface area (Å²) < 4.78 is 49.2. The molecule has 0 saturated heterocycles. The average Bonchev–Trinajstić information content (AvgIpc) is 2.81. The standard InChI is InChI=1S/C6H7FN2.C6H3FN2.C5H5FNO.C5H4FN/c2*7-5-2-1-3-9-6(5)4-8;6-5-2-1-3-7(8)4-5;6-5-2-1-3-7-4-5/h1-3H,4,8H2;1-3H;1-4,8H;1-4H/q;;+1;. The van der Waals surface area contributed by atoms with E-state index in [4.69, 9.17) is 16.2 Å². The van der Waals surface area contributed by atoms with Gasteiger partial charge >= 0.3 is 0 Å². The highest BCUT2D eigenvalue weighted by atomic mass is 19.1. The van der Waals surface area contributed by atoms with E-state index in [1.807, 2.05) is 0 Å². The summed E-state index contributed by atoms with van der Waals surface area (Å²) in [6.07, 6.45) is 7.90. The molecule has 11 heteroatoms. The number of pyridine rings is 4. The van der Waals surface area contributed by atoms with E-state index in [0.717, 1.165) is 6.20 Å². The van der Waals surface area contributed by atoms with Crippen LogP contribution in [0.15, 0.2) is 85.7 Å². The molecule has 0 aliphatic carbocycles. The van der Waals surface area contributed by atoms with Gasteiger partial charge in [-0.2, -0.15) is 5.26 Å². The third-order valence-corrected chi connectivity index (χ3v) is 3.27. The first-order valence-electron chi connectivity index (χ1n) is 9.09.